The van der Waals surface area contributed by atoms with Crippen molar-refractivity contribution in [3.8, 4) is 0 Å². The molecular weight excluding hydrogens is 264 g/mol. The molecule has 1 unspecified atom stereocenters. The second-order valence-corrected chi connectivity index (χ2v) is 5.70. The Morgan fingerprint density at radius 1 is 1.68 bits per heavy atom. The average Bonchev–Trinajstić information content (AvgIpc) is 2.86. The summed E-state index contributed by atoms with van der Waals surface area (Å²) >= 11 is 1.32. The van der Waals surface area contributed by atoms with Crippen LogP contribution >= 0.6 is 11.3 Å². The van der Waals surface area contributed by atoms with E-state index in [1.807, 2.05) is 4.90 Å². The van der Waals surface area contributed by atoms with E-state index in [0.29, 0.717) is 22.5 Å². The molecule has 1 aromatic rings. The van der Waals surface area contributed by atoms with Crippen LogP contribution in [0.5, 0.6) is 0 Å². The summed E-state index contributed by atoms with van der Waals surface area (Å²) in [4.78, 5) is 18.1. The first-order valence-corrected chi connectivity index (χ1v) is 7.18. The van der Waals surface area contributed by atoms with Crippen molar-refractivity contribution in [3.05, 3.63) is 11.1 Å². The van der Waals surface area contributed by atoms with Gasteiger partial charge in [0, 0.05) is 18.5 Å². The van der Waals surface area contributed by atoms with Crippen molar-refractivity contribution in [2.75, 3.05) is 18.4 Å². The molecule has 1 fully saturated rings. The summed E-state index contributed by atoms with van der Waals surface area (Å²) < 4.78 is 0. The highest BCUT2D eigenvalue weighted by molar-refractivity contribution is 7.14. The molecule has 7 heteroatoms. The molecule has 0 bridgehead atoms. The lowest BCUT2D eigenvalue weighted by molar-refractivity contribution is 0.182. The highest BCUT2D eigenvalue weighted by atomic mass is 32.1. The van der Waals surface area contributed by atoms with E-state index in [9.17, 15) is 4.79 Å². The van der Waals surface area contributed by atoms with Gasteiger partial charge in [-0.3, -0.25) is 5.32 Å². The third kappa shape index (κ3) is 3.44. The number of piperidine rings is 1. The Morgan fingerprint density at radius 2 is 2.47 bits per heavy atom. The molecule has 0 aliphatic carbocycles. The molecular formula is C12H18N4O2S. The van der Waals surface area contributed by atoms with Crippen molar-refractivity contribution in [1.82, 2.24) is 9.88 Å². The van der Waals surface area contributed by atoms with Gasteiger partial charge in [0.1, 0.15) is 11.4 Å². The Morgan fingerprint density at radius 3 is 3.16 bits per heavy atom. The molecule has 2 rings (SSSR count). The summed E-state index contributed by atoms with van der Waals surface area (Å²) in [5, 5.41) is 16.8. The zero-order chi connectivity index (χ0) is 13.8. The number of rotatable bonds is 2. The van der Waals surface area contributed by atoms with Gasteiger partial charge in [0.05, 0.1) is 0 Å². The SMILES string of the molecule is CC(=NO)c1csc(NC(=O)N2CCCC(C)C2)n1. The maximum absolute atomic E-state index is 12.1. The normalized spacial score (nSPS) is 20.4. The van der Waals surface area contributed by atoms with E-state index in [2.05, 4.69) is 22.4 Å². The molecule has 0 spiro atoms. The molecule has 2 heterocycles. The van der Waals surface area contributed by atoms with Crippen molar-refractivity contribution in [2.45, 2.75) is 26.7 Å². The van der Waals surface area contributed by atoms with Gasteiger partial charge in [0.15, 0.2) is 5.13 Å². The van der Waals surface area contributed by atoms with E-state index >= 15 is 0 Å². The van der Waals surface area contributed by atoms with Gasteiger partial charge in [-0.15, -0.1) is 11.3 Å². The Hall–Kier alpha value is -1.63. The number of anilines is 1. The molecule has 6 nitrogen and oxygen atoms in total. The topological polar surface area (TPSA) is 77.8 Å². The van der Waals surface area contributed by atoms with Gasteiger partial charge in [-0.2, -0.15) is 0 Å². The minimum atomic E-state index is -0.106. The molecule has 0 saturated carbocycles. The Bertz CT molecular complexity index is 486. The lowest BCUT2D eigenvalue weighted by atomic mass is 10.0. The lowest BCUT2D eigenvalue weighted by Crippen LogP contribution is -2.41. The fraction of sp³-hybridized carbons (Fsp3) is 0.583. The van der Waals surface area contributed by atoms with E-state index in [1.165, 1.54) is 17.8 Å². The van der Waals surface area contributed by atoms with Gasteiger partial charge in [0.25, 0.3) is 0 Å². The number of carbonyl (C=O) groups excluding carboxylic acids is 1. The molecule has 2 N–H and O–H groups in total. The van der Waals surface area contributed by atoms with Crippen molar-refractivity contribution in [3.63, 3.8) is 0 Å². The molecule has 0 radical (unpaired) electrons. The van der Waals surface area contributed by atoms with Crippen molar-refractivity contribution < 1.29 is 10.0 Å². The second-order valence-electron chi connectivity index (χ2n) is 4.85. The first-order chi connectivity index (χ1) is 9.10. The van der Waals surface area contributed by atoms with Crippen LogP contribution in [-0.2, 0) is 0 Å². The monoisotopic (exact) mass is 282 g/mol. The van der Waals surface area contributed by atoms with E-state index in [1.54, 1.807) is 12.3 Å². The average molecular weight is 282 g/mol. The van der Waals surface area contributed by atoms with Gasteiger partial charge in [-0.1, -0.05) is 12.1 Å². The highest BCUT2D eigenvalue weighted by Crippen LogP contribution is 2.19. The molecule has 1 aromatic heterocycles. The molecule has 1 saturated heterocycles. The Kier molecular flexibility index (Phi) is 4.36. The van der Waals surface area contributed by atoms with Crippen LogP contribution in [0.25, 0.3) is 0 Å². The number of aromatic nitrogens is 1. The molecule has 2 amide bonds. The highest BCUT2D eigenvalue weighted by Gasteiger charge is 2.21. The molecule has 1 aliphatic rings. The van der Waals surface area contributed by atoms with Crippen LogP contribution in [-0.4, -0.2) is 39.9 Å². The maximum Gasteiger partial charge on any atom is 0.323 e. The van der Waals surface area contributed by atoms with Gasteiger partial charge in [-0.25, -0.2) is 9.78 Å². The van der Waals surface area contributed by atoms with Crippen LogP contribution in [0.3, 0.4) is 0 Å². The van der Waals surface area contributed by atoms with Gasteiger partial charge >= 0.3 is 6.03 Å². The van der Waals surface area contributed by atoms with E-state index < -0.39 is 0 Å². The van der Waals surface area contributed by atoms with E-state index in [4.69, 9.17) is 5.21 Å². The van der Waals surface area contributed by atoms with Gasteiger partial charge in [-0.05, 0) is 25.7 Å². The Labute approximate surface area is 116 Å². The molecule has 0 aromatic carbocycles. The summed E-state index contributed by atoms with van der Waals surface area (Å²) in [6.45, 7) is 5.40. The number of oxime groups is 1. The van der Waals surface area contributed by atoms with Gasteiger partial charge in [0.2, 0.25) is 0 Å². The fourth-order valence-corrected chi connectivity index (χ4v) is 2.84. The zero-order valence-corrected chi connectivity index (χ0v) is 11.9. The van der Waals surface area contributed by atoms with Crippen molar-refractivity contribution >= 4 is 28.2 Å². The number of likely N-dealkylation sites (tertiary alicyclic amines) is 1. The number of urea groups is 1. The van der Waals surface area contributed by atoms with Crippen LogP contribution < -0.4 is 5.32 Å². The van der Waals surface area contributed by atoms with Crippen LogP contribution in [0.2, 0.25) is 0 Å². The molecule has 1 atom stereocenters. The van der Waals surface area contributed by atoms with Crippen LogP contribution in [0.1, 0.15) is 32.4 Å². The minimum absolute atomic E-state index is 0.106. The largest absolute Gasteiger partial charge is 0.411 e. The summed E-state index contributed by atoms with van der Waals surface area (Å²) in [5.74, 6) is 0.551. The number of thiazole rings is 1. The first-order valence-electron chi connectivity index (χ1n) is 6.30. The number of hydrogen-bond acceptors (Lipinski definition) is 5. The van der Waals surface area contributed by atoms with Crippen molar-refractivity contribution in [2.24, 2.45) is 11.1 Å². The zero-order valence-electron chi connectivity index (χ0n) is 11.1. The number of hydrogen-bond donors (Lipinski definition) is 2. The van der Waals surface area contributed by atoms with Crippen LogP contribution in [0.4, 0.5) is 9.93 Å². The second kappa shape index (κ2) is 6.01. The number of amides is 2. The standard InChI is InChI=1S/C12H18N4O2S/c1-8-4-3-5-16(6-8)12(17)14-11-13-10(7-19-11)9(2)15-18/h7-8,18H,3-6H2,1-2H3,(H,13,14,17). The first kappa shape index (κ1) is 13.8. The summed E-state index contributed by atoms with van der Waals surface area (Å²) in [5.41, 5.74) is 1.01. The maximum atomic E-state index is 12.1. The van der Waals surface area contributed by atoms with Crippen LogP contribution in [0.15, 0.2) is 10.5 Å². The predicted molar refractivity (Wildman–Crippen MR) is 75.1 cm³/mol. The lowest BCUT2D eigenvalue weighted by Gasteiger charge is -2.30. The molecule has 104 valence electrons. The number of nitrogens with one attached hydrogen (secondary N) is 1. The summed E-state index contributed by atoms with van der Waals surface area (Å²) in [6, 6.07) is -0.106. The quantitative estimate of drug-likeness (QED) is 0.497. The van der Waals surface area contributed by atoms with Gasteiger partial charge < -0.3 is 10.1 Å². The summed E-state index contributed by atoms with van der Waals surface area (Å²) in [7, 11) is 0. The van der Waals surface area contributed by atoms with E-state index in [0.717, 1.165) is 19.5 Å². The molecule has 1 aliphatic heterocycles. The third-order valence-corrected chi connectivity index (χ3v) is 3.94. The Balaban J connectivity index is 1.97. The summed E-state index contributed by atoms with van der Waals surface area (Å²) in [6.07, 6.45) is 2.23. The van der Waals surface area contributed by atoms with Crippen molar-refractivity contribution in [1.29, 1.82) is 0 Å². The fourth-order valence-electron chi connectivity index (χ4n) is 2.09. The smallest absolute Gasteiger partial charge is 0.323 e. The van der Waals surface area contributed by atoms with E-state index in [-0.39, 0.29) is 6.03 Å². The number of nitrogens with zero attached hydrogens (tertiary/aromatic N) is 3. The molecule has 19 heavy (non-hydrogen) atoms. The van der Waals surface area contributed by atoms with Crippen LogP contribution in [0, 0.1) is 5.92 Å². The minimum Gasteiger partial charge on any atom is -0.411 e. The third-order valence-electron chi connectivity index (χ3n) is 3.18. The number of carbonyl (C=O) groups is 1. The predicted octanol–water partition coefficient (Wildman–Crippen LogP) is 2.61.